The normalized spacial score (nSPS) is 18.5. The number of rotatable bonds is 4. The summed E-state index contributed by atoms with van der Waals surface area (Å²) in [6.45, 7) is 8.22. The second-order valence-electron chi connectivity index (χ2n) is 5.88. The van der Waals surface area contributed by atoms with Crippen molar-refractivity contribution >= 4 is 0 Å². The zero-order valence-corrected chi connectivity index (χ0v) is 12.3. The van der Waals surface area contributed by atoms with E-state index in [1.54, 1.807) is 0 Å². The molecule has 0 saturated heterocycles. The van der Waals surface area contributed by atoms with Gasteiger partial charge in [-0.2, -0.15) is 5.10 Å². The topological polar surface area (TPSA) is 71.4 Å². The Hall–Kier alpha value is -1.69. The van der Waals surface area contributed by atoms with Crippen molar-refractivity contribution in [1.29, 1.82) is 0 Å². The first-order valence-electron chi connectivity index (χ1n) is 7.29. The third kappa shape index (κ3) is 2.47. The fourth-order valence-electron chi connectivity index (χ4n) is 2.75. The van der Waals surface area contributed by atoms with Crippen molar-refractivity contribution in [1.82, 2.24) is 30.3 Å². The second kappa shape index (κ2) is 5.36. The number of H-pyrrole nitrogens is 1. The first-order chi connectivity index (χ1) is 9.65. The summed E-state index contributed by atoms with van der Waals surface area (Å²) in [7, 11) is 0. The molecular weight excluding hydrogens is 252 g/mol. The monoisotopic (exact) mass is 274 g/mol. The predicted molar refractivity (Wildman–Crippen MR) is 76.4 cm³/mol. The molecular formula is C14H22N6. The summed E-state index contributed by atoms with van der Waals surface area (Å²) in [5.41, 5.74) is 2.38. The maximum Gasteiger partial charge on any atom is 0.135 e. The van der Waals surface area contributed by atoms with Gasteiger partial charge in [0.2, 0.25) is 0 Å². The number of hydrogen-bond acceptors (Lipinski definition) is 4. The van der Waals surface area contributed by atoms with Gasteiger partial charge in [-0.25, -0.2) is 0 Å². The number of fused-ring (bicyclic) bond motifs is 1. The summed E-state index contributed by atoms with van der Waals surface area (Å²) in [5, 5.41) is 19.3. The lowest BCUT2D eigenvalue weighted by Crippen LogP contribution is -2.37. The van der Waals surface area contributed by atoms with Crippen molar-refractivity contribution in [3.63, 3.8) is 0 Å². The second-order valence-corrected chi connectivity index (χ2v) is 5.88. The van der Waals surface area contributed by atoms with Crippen LogP contribution in [0, 0.1) is 6.92 Å². The highest BCUT2D eigenvalue weighted by atomic mass is 15.3. The van der Waals surface area contributed by atoms with Gasteiger partial charge in [0.25, 0.3) is 0 Å². The minimum Gasteiger partial charge on any atom is -0.313 e. The van der Waals surface area contributed by atoms with E-state index in [1.807, 2.05) is 6.20 Å². The van der Waals surface area contributed by atoms with Gasteiger partial charge in [0.1, 0.15) is 11.6 Å². The molecule has 20 heavy (non-hydrogen) atoms. The van der Waals surface area contributed by atoms with Crippen molar-refractivity contribution in [3.8, 4) is 0 Å². The third-order valence-corrected chi connectivity index (χ3v) is 4.01. The summed E-state index contributed by atoms with van der Waals surface area (Å²) >= 11 is 0. The van der Waals surface area contributed by atoms with Crippen LogP contribution in [0.3, 0.4) is 0 Å². The van der Waals surface area contributed by atoms with Crippen LogP contribution in [-0.4, -0.2) is 31.0 Å². The van der Waals surface area contributed by atoms with E-state index in [-0.39, 0.29) is 0 Å². The molecule has 1 aliphatic heterocycles. The highest BCUT2D eigenvalue weighted by Gasteiger charge is 2.23. The molecule has 108 valence electrons. The first-order valence-corrected chi connectivity index (χ1v) is 7.29. The van der Waals surface area contributed by atoms with Crippen LogP contribution in [0.15, 0.2) is 6.20 Å². The van der Waals surface area contributed by atoms with Crippen molar-refractivity contribution in [2.24, 2.45) is 0 Å². The van der Waals surface area contributed by atoms with E-state index >= 15 is 0 Å². The first kappa shape index (κ1) is 13.3. The minimum atomic E-state index is 0.422. The average Bonchev–Trinajstić information content (AvgIpc) is 3.02. The zero-order chi connectivity index (χ0) is 14.1. The molecule has 6 nitrogen and oxygen atoms in total. The molecule has 3 heterocycles. The molecule has 0 radical (unpaired) electrons. The SMILES string of the molecule is Cc1[nH]ncc1CNC1CCc2nnc(C(C)C)n2C1. The summed E-state index contributed by atoms with van der Waals surface area (Å²) in [6, 6.07) is 0.477. The van der Waals surface area contributed by atoms with Gasteiger partial charge in [0, 0.05) is 42.7 Å². The Bertz CT molecular complexity index is 582. The Kier molecular flexibility index (Phi) is 3.56. The van der Waals surface area contributed by atoms with Gasteiger partial charge in [-0.1, -0.05) is 13.8 Å². The van der Waals surface area contributed by atoms with E-state index in [4.69, 9.17) is 0 Å². The number of nitrogens with zero attached hydrogens (tertiary/aromatic N) is 4. The molecule has 3 rings (SSSR count). The zero-order valence-electron chi connectivity index (χ0n) is 12.3. The van der Waals surface area contributed by atoms with E-state index in [2.05, 4.69) is 51.0 Å². The van der Waals surface area contributed by atoms with Crippen LogP contribution in [0.25, 0.3) is 0 Å². The van der Waals surface area contributed by atoms with Gasteiger partial charge in [-0.05, 0) is 13.3 Å². The van der Waals surface area contributed by atoms with Crippen molar-refractivity contribution in [3.05, 3.63) is 29.1 Å². The van der Waals surface area contributed by atoms with Gasteiger partial charge < -0.3 is 9.88 Å². The highest BCUT2D eigenvalue weighted by molar-refractivity contribution is 5.14. The maximum absolute atomic E-state index is 4.33. The van der Waals surface area contributed by atoms with E-state index in [0.29, 0.717) is 12.0 Å². The smallest absolute Gasteiger partial charge is 0.135 e. The Morgan fingerprint density at radius 3 is 3.00 bits per heavy atom. The molecule has 1 aliphatic rings. The van der Waals surface area contributed by atoms with Crippen LogP contribution in [0.4, 0.5) is 0 Å². The van der Waals surface area contributed by atoms with E-state index < -0.39 is 0 Å². The van der Waals surface area contributed by atoms with Gasteiger partial charge in [-0.3, -0.25) is 5.10 Å². The van der Waals surface area contributed by atoms with Crippen molar-refractivity contribution in [2.75, 3.05) is 0 Å². The lowest BCUT2D eigenvalue weighted by molar-refractivity contribution is 0.370. The van der Waals surface area contributed by atoms with E-state index in [1.165, 1.54) is 5.56 Å². The molecule has 0 aliphatic carbocycles. The van der Waals surface area contributed by atoms with Crippen LogP contribution < -0.4 is 5.32 Å². The van der Waals surface area contributed by atoms with Crippen molar-refractivity contribution < 1.29 is 0 Å². The van der Waals surface area contributed by atoms with Gasteiger partial charge >= 0.3 is 0 Å². The summed E-state index contributed by atoms with van der Waals surface area (Å²) in [4.78, 5) is 0. The molecule has 0 bridgehead atoms. The standard InChI is InChI=1S/C14H22N6/c1-9(2)14-19-18-13-5-4-12(8-20(13)14)15-6-11-7-16-17-10(11)3/h7,9,12,15H,4-6,8H2,1-3H3,(H,16,17). The molecule has 0 fully saturated rings. The molecule has 0 aromatic carbocycles. The molecule has 0 amide bonds. The van der Waals surface area contributed by atoms with Crippen molar-refractivity contribution in [2.45, 2.75) is 58.7 Å². The average molecular weight is 274 g/mol. The Morgan fingerprint density at radius 2 is 2.30 bits per heavy atom. The third-order valence-electron chi connectivity index (χ3n) is 4.01. The fourth-order valence-corrected chi connectivity index (χ4v) is 2.75. The summed E-state index contributed by atoms with van der Waals surface area (Å²) < 4.78 is 2.29. The van der Waals surface area contributed by atoms with Gasteiger partial charge in [-0.15, -0.1) is 10.2 Å². The van der Waals surface area contributed by atoms with Crippen LogP contribution in [-0.2, 0) is 19.5 Å². The number of nitrogens with one attached hydrogen (secondary N) is 2. The molecule has 1 atom stereocenters. The number of aromatic nitrogens is 5. The summed E-state index contributed by atoms with van der Waals surface area (Å²) in [5.74, 6) is 2.66. The number of aromatic amines is 1. The van der Waals surface area contributed by atoms with Crippen LogP contribution in [0.1, 0.15) is 49.1 Å². The Morgan fingerprint density at radius 1 is 1.45 bits per heavy atom. The molecule has 2 aromatic rings. The van der Waals surface area contributed by atoms with Gasteiger partial charge in [0.05, 0.1) is 6.20 Å². The predicted octanol–water partition coefficient (Wildman–Crippen LogP) is 1.54. The van der Waals surface area contributed by atoms with E-state index in [9.17, 15) is 0 Å². The molecule has 0 spiro atoms. The largest absolute Gasteiger partial charge is 0.313 e. The highest BCUT2D eigenvalue weighted by Crippen LogP contribution is 2.20. The minimum absolute atomic E-state index is 0.422. The van der Waals surface area contributed by atoms with Crippen LogP contribution in [0.5, 0.6) is 0 Å². The maximum atomic E-state index is 4.33. The lowest BCUT2D eigenvalue weighted by Gasteiger charge is -2.26. The van der Waals surface area contributed by atoms with Crippen LogP contribution in [0.2, 0.25) is 0 Å². The molecule has 1 unspecified atom stereocenters. The molecule has 6 heteroatoms. The summed E-state index contributed by atoms with van der Waals surface area (Å²) in [6.07, 6.45) is 4.02. The van der Waals surface area contributed by atoms with Gasteiger partial charge in [0.15, 0.2) is 0 Å². The molecule has 0 saturated carbocycles. The van der Waals surface area contributed by atoms with E-state index in [0.717, 1.165) is 43.3 Å². The quantitative estimate of drug-likeness (QED) is 0.887. The number of aryl methyl sites for hydroxylation is 2. The van der Waals surface area contributed by atoms with Crippen LogP contribution >= 0.6 is 0 Å². The Balaban J connectivity index is 1.66. The lowest BCUT2D eigenvalue weighted by atomic mass is 10.1. The fraction of sp³-hybridized carbons (Fsp3) is 0.643. The molecule has 2 aromatic heterocycles. The number of hydrogen-bond donors (Lipinski definition) is 2. The Labute approximate surface area is 119 Å². The molecule has 2 N–H and O–H groups in total.